The van der Waals surface area contributed by atoms with Crippen molar-refractivity contribution in [1.82, 2.24) is 0 Å². The molecule has 23 heavy (non-hydrogen) atoms. The second-order valence-electron chi connectivity index (χ2n) is 6.14. The Hall–Kier alpha value is -1.16. The molecular formula is C17H29O5P. The summed E-state index contributed by atoms with van der Waals surface area (Å²) in [7, 11) is -4.61. The maximum atomic E-state index is 11.1. The molecule has 0 aliphatic rings. The molecule has 0 saturated heterocycles. The van der Waals surface area contributed by atoms with Gasteiger partial charge in [0.05, 0.1) is 0 Å². The Bertz CT molecular complexity index is 521. The maximum Gasteiger partial charge on any atom is 0.340 e. The van der Waals surface area contributed by atoms with Crippen LogP contribution in [0.1, 0.15) is 59.8 Å². The monoisotopic (exact) mass is 344 g/mol. The number of carbonyl (C=O) groups is 1. The number of aliphatic carboxylic acids is 1. The van der Waals surface area contributed by atoms with E-state index in [1.165, 1.54) is 11.1 Å². The first-order valence-corrected chi connectivity index (χ1v) is 9.44. The number of allylic oxidation sites excluding steroid dienone is 6. The van der Waals surface area contributed by atoms with Crippen LogP contribution in [0.5, 0.6) is 0 Å². The van der Waals surface area contributed by atoms with Crippen molar-refractivity contribution in [3.05, 3.63) is 34.9 Å². The SMILES string of the molecule is CC(C)=CCCC(C)=CCCC(C)=CCC(C(=O)O)P(=O)(O)O. The third-order valence-corrected chi connectivity index (χ3v) is 4.75. The van der Waals surface area contributed by atoms with E-state index in [9.17, 15) is 9.36 Å². The largest absolute Gasteiger partial charge is 0.481 e. The van der Waals surface area contributed by atoms with E-state index in [-0.39, 0.29) is 6.42 Å². The summed E-state index contributed by atoms with van der Waals surface area (Å²) in [5, 5.41) is 8.86. The molecule has 0 rings (SSSR count). The van der Waals surface area contributed by atoms with Crippen LogP contribution in [0, 0.1) is 0 Å². The van der Waals surface area contributed by atoms with Crippen molar-refractivity contribution in [2.45, 2.75) is 65.5 Å². The first kappa shape index (κ1) is 21.8. The number of carboxylic acid groups (broad SMARTS) is 1. The molecule has 0 saturated carbocycles. The molecule has 132 valence electrons. The van der Waals surface area contributed by atoms with E-state index < -0.39 is 19.2 Å². The first-order chi connectivity index (χ1) is 10.5. The molecule has 0 aromatic rings. The molecule has 3 N–H and O–H groups in total. The van der Waals surface area contributed by atoms with Crippen LogP contribution in [-0.4, -0.2) is 26.5 Å². The number of rotatable bonds is 10. The average molecular weight is 344 g/mol. The second kappa shape index (κ2) is 10.6. The molecule has 0 aromatic carbocycles. The van der Waals surface area contributed by atoms with Crippen LogP contribution in [-0.2, 0) is 9.36 Å². The van der Waals surface area contributed by atoms with Gasteiger partial charge in [-0.15, -0.1) is 0 Å². The minimum atomic E-state index is -4.61. The Kier molecular flexibility index (Phi) is 10.1. The van der Waals surface area contributed by atoms with Gasteiger partial charge < -0.3 is 14.9 Å². The molecular weight excluding hydrogens is 315 g/mol. The predicted molar refractivity (Wildman–Crippen MR) is 93.5 cm³/mol. The summed E-state index contributed by atoms with van der Waals surface area (Å²) in [6.07, 6.45) is 9.49. The smallest absolute Gasteiger partial charge is 0.340 e. The molecule has 0 amide bonds. The fourth-order valence-electron chi connectivity index (χ4n) is 2.03. The van der Waals surface area contributed by atoms with E-state index in [1.54, 1.807) is 6.08 Å². The van der Waals surface area contributed by atoms with E-state index in [4.69, 9.17) is 14.9 Å². The molecule has 0 spiro atoms. The van der Waals surface area contributed by atoms with Gasteiger partial charge >= 0.3 is 13.6 Å². The molecule has 0 bridgehead atoms. The van der Waals surface area contributed by atoms with E-state index >= 15 is 0 Å². The van der Waals surface area contributed by atoms with Crippen molar-refractivity contribution < 1.29 is 24.3 Å². The van der Waals surface area contributed by atoms with Gasteiger partial charge in [0.15, 0.2) is 5.66 Å². The predicted octanol–water partition coefficient (Wildman–Crippen LogP) is 4.43. The lowest BCUT2D eigenvalue weighted by atomic mass is 10.1. The zero-order valence-corrected chi connectivity index (χ0v) is 15.3. The van der Waals surface area contributed by atoms with E-state index in [0.717, 1.165) is 31.3 Å². The van der Waals surface area contributed by atoms with Crippen molar-refractivity contribution in [3.8, 4) is 0 Å². The summed E-state index contributed by atoms with van der Waals surface area (Å²) in [6.45, 7) is 8.10. The normalized spacial score (nSPS) is 14.5. The van der Waals surface area contributed by atoms with Crippen LogP contribution >= 0.6 is 7.60 Å². The Morgan fingerprint density at radius 3 is 1.87 bits per heavy atom. The maximum absolute atomic E-state index is 11.1. The molecule has 0 aliphatic carbocycles. The van der Waals surface area contributed by atoms with Crippen molar-refractivity contribution >= 4 is 13.6 Å². The van der Waals surface area contributed by atoms with E-state index in [2.05, 4.69) is 32.9 Å². The van der Waals surface area contributed by atoms with Crippen molar-refractivity contribution in [2.24, 2.45) is 0 Å². The summed E-state index contributed by atoms with van der Waals surface area (Å²) in [4.78, 5) is 28.9. The number of hydrogen-bond donors (Lipinski definition) is 3. The van der Waals surface area contributed by atoms with Crippen LogP contribution in [0.2, 0.25) is 0 Å². The molecule has 0 aliphatic heterocycles. The lowest BCUT2D eigenvalue weighted by molar-refractivity contribution is -0.136. The highest BCUT2D eigenvalue weighted by Crippen LogP contribution is 2.43. The van der Waals surface area contributed by atoms with Gasteiger partial charge in [0.2, 0.25) is 0 Å². The first-order valence-electron chi connectivity index (χ1n) is 7.76. The minimum absolute atomic E-state index is 0.144. The standard InChI is InChI=1S/C17H29O5P/c1-13(2)7-5-8-14(3)9-6-10-15(4)11-12-16(17(18)19)23(20,21)22/h7,9,11,16H,5-6,8,10,12H2,1-4H3,(H,18,19)(H2,20,21,22). The van der Waals surface area contributed by atoms with Crippen molar-refractivity contribution in [1.29, 1.82) is 0 Å². The van der Waals surface area contributed by atoms with E-state index in [0.29, 0.717) is 0 Å². The highest BCUT2D eigenvalue weighted by Gasteiger charge is 2.34. The number of carboxylic acids is 1. The molecule has 5 nitrogen and oxygen atoms in total. The van der Waals surface area contributed by atoms with Gasteiger partial charge in [0.1, 0.15) is 0 Å². The third kappa shape index (κ3) is 11.1. The molecule has 1 unspecified atom stereocenters. The van der Waals surface area contributed by atoms with Gasteiger partial charge in [-0.25, -0.2) is 0 Å². The fraction of sp³-hybridized carbons (Fsp3) is 0.588. The molecule has 0 heterocycles. The minimum Gasteiger partial charge on any atom is -0.481 e. The highest BCUT2D eigenvalue weighted by atomic mass is 31.2. The lowest BCUT2D eigenvalue weighted by Gasteiger charge is -2.12. The summed E-state index contributed by atoms with van der Waals surface area (Å²) in [5.74, 6) is -1.46. The van der Waals surface area contributed by atoms with Crippen molar-refractivity contribution in [3.63, 3.8) is 0 Å². The van der Waals surface area contributed by atoms with Gasteiger partial charge in [-0.05, 0) is 59.8 Å². The summed E-state index contributed by atoms with van der Waals surface area (Å²) < 4.78 is 11.1. The Morgan fingerprint density at radius 1 is 0.957 bits per heavy atom. The van der Waals surface area contributed by atoms with Gasteiger partial charge in [-0.1, -0.05) is 34.9 Å². The fourth-order valence-corrected chi connectivity index (χ4v) is 2.70. The summed E-state index contributed by atoms with van der Waals surface area (Å²) in [5.41, 5.74) is 1.92. The van der Waals surface area contributed by atoms with Crippen LogP contribution in [0.25, 0.3) is 0 Å². The summed E-state index contributed by atoms with van der Waals surface area (Å²) in [6, 6.07) is 0. The van der Waals surface area contributed by atoms with Crippen LogP contribution in [0.15, 0.2) is 34.9 Å². The van der Waals surface area contributed by atoms with Crippen molar-refractivity contribution in [2.75, 3.05) is 0 Å². The number of hydrogen-bond acceptors (Lipinski definition) is 2. The zero-order valence-electron chi connectivity index (χ0n) is 14.5. The zero-order chi connectivity index (χ0) is 18.0. The Morgan fingerprint density at radius 2 is 1.43 bits per heavy atom. The average Bonchev–Trinajstić information content (AvgIpc) is 2.36. The quantitative estimate of drug-likeness (QED) is 0.403. The molecule has 1 atom stereocenters. The van der Waals surface area contributed by atoms with Crippen LogP contribution < -0.4 is 0 Å². The second-order valence-corrected chi connectivity index (χ2v) is 7.94. The highest BCUT2D eigenvalue weighted by molar-refractivity contribution is 7.53. The molecule has 0 radical (unpaired) electrons. The molecule has 0 aromatic heterocycles. The van der Waals surface area contributed by atoms with Gasteiger partial charge in [-0.3, -0.25) is 9.36 Å². The lowest BCUT2D eigenvalue weighted by Crippen LogP contribution is -2.19. The third-order valence-electron chi connectivity index (χ3n) is 3.50. The molecule has 6 heteroatoms. The van der Waals surface area contributed by atoms with Crippen LogP contribution in [0.4, 0.5) is 0 Å². The summed E-state index contributed by atoms with van der Waals surface area (Å²) >= 11 is 0. The van der Waals surface area contributed by atoms with Gasteiger partial charge in [0, 0.05) is 0 Å². The Balaban J connectivity index is 4.38. The van der Waals surface area contributed by atoms with Gasteiger partial charge in [0.25, 0.3) is 0 Å². The van der Waals surface area contributed by atoms with Crippen LogP contribution in [0.3, 0.4) is 0 Å². The van der Waals surface area contributed by atoms with Gasteiger partial charge in [-0.2, -0.15) is 0 Å². The molecule has 0 fully saturated rings. The topological polar surface area (TPSA) is 94.8 Å². The Labute approximate surface area is 139 Å². The van der Waals surface area contributed by atoms with E-state index in [1.807, 2.05) is 6.92 Å².